The zero-order valence-electron chi connectivity index (χ0n) is 22.6. The van der Waals surface area contributed by atoms with Crippen LogP contribution >= 0.6 is 11.6 Å². The molecule has 7 nitrogen and oxygen atoms in total. The molecule has 41 heavy (non-hydrogen) atoms. The molecule has 0 saturated carbocycles. The minimum Gasteiger partial charge on any atom is -0.493 e. The first kappa shape index (κ1) is 26.3. The van der Waals surface area contributed by atoms with Gasteiger partial charge in [-0.1, -0.05) is 72.3 Å². The quantitative estimate of drug-likeness (QED) is 0.210. The van der Waals surface area contributed by atoms with E-state index in [9.17, 15) is 4.79 Å². The van der Waals surface area contributed by atoms with E-state index >= 15 is 0 Å². The molecule has 0 radical (unpaired) electrons. The number of methoxy groups -OCH3 is 2. The monoisotopic (exact) mass is 562 g/mol. The minimum absolute atomic E-state index is 0.289. The third-order valence-electron chi connectivity index (χ3n) is 7.11. The predicted molar refractivity (Wildman–Crippen MR) is 160 cm³/mol. The summed E-state index contributed by atoms with van der Waals surface area (Å²) in [7, 11) is 3.19. The Morgan fingerprint density at radius 2 is 1.51 bits per heavy atom. The van der Waals surface area contributed by atoms with Crippen molar-refractivity contribution in [1.29, 1.82) is 0 Å². The molecule has 0 bridgehead atoms. The number of carbonyl (C=O) groups excluding carboxylic acids is 1. The lowest BCUT2D eigenvalue weighted by Gasteiger charge is -2.22. The van der Waals surface area contributed by atoms with Crippen LogP contribution in [0.3, 0.4) is 0 Å². The van der Waals surface area contributed by atoms with Gasteiger partial charge in [0.05, 0.1) is 47.9 Å². The first-order valence-corrected chi connectivity index (χ1v) is 13.5. The number of hydrogen-bond donors (Lipinski definition) is 0. The summed E-state index contributed by atoms with van der Waals surface area (Å²) < 4.78 is 12.8. The number of aromatic nitrogens is 2. The molecule has 0 spiro atoms. The maximum atomic E-state index is 14.0. The summed E-state index contributed by atoms with van der Waals surface area (Å²) in [4.78, 5) is 14.0. The van der Waals surface area contributed by atoms with Crippen molar-refractivity contribution < 1.29 is 14.3 Å². The third-order valence-corrected chi connectivity index (χ3v) is 7.44. The van der Waals surface area contributed by atoms with Crippen LogP contribution in [0.25, 0.3) is 16.9 Å². The molecule has 4 aromatic carbocycles. The van der Waals surface area contributed by atoms with Crippen LogP contribution in [0.4, 0.5) is 0 Å². The van der Waals surface area contributed by atoms with Crippen molar-refractivity contribution in [2.45, 2.75) is 12.5 Å². The Bertz CT molecular complexity index is 1730. The van der Waals surface area contributed by atoms with Crippen LogP contribution in [0, 0.1) is 0 Å². The van der Waals surface area contributed by atoms with Crippen LogP contribution in [0.2, 0.25) is 5.02 Å². The van der Waals surface area contributed by atoms with E-state index in [1.807, 2.05) is 89.7 Å². The highest BCUT2D eigenvalue weighted by molar-refractivity contribution is 6.33. The fourth-order valence-electron chi connectivity index (χ4n) is 5.05. The van der Waals surface area contributed by atoms with E-state index in [-0.39, 0.29) is 5.91 Å². The fraction of sp³-hybridized carbons (Fsp3) is 0.121. The number of carbonyl (C=O) groups is 1. The van der Waals surface area contributed by atoms with E-state index in [4.69, 9.17) is 31.3 Å². The number of ether oxygens (including phenoxy) is 2. The zero-order chi connectivity index (χ0) is 28.3. The van der Waals surface area contributed by atoms with Gasteiger partial charge in [-0.15, -0.1) is 0 Å². The lowest BCUT2D eigenvalue weighted by Crippen LogP contribution is -2.27. The summed E-state index contributed by atoms with van der Waals surface area (Å²) in [6, 6.07) is 32.1. The van der Waals surface area contributed by atoms with Crippen molar-refractivity contribution in [3.05, 3.63) is 131 Å². The number of amides is 1. The Hall–Kier alpha value is -4.88. The lowest BCUT2D eigenvalue weighted by atomic mass is 9.96. The second-order valence-corrected chi connectivity index (χ2v) is 9.95. The Morgan fingerprint density at radius 3 is 2.22 bits per heavy atom. The molecule has 1 amide bonds. The first-order valence-electron chi connectivity index (χ1n) is 13.2. The number of hydrazone groups is 1. The SMILES string of the molecule is COc1ccc(C2=NN(C(=O)c3ccccc3Cl)[C@@H](c3cn(-c4ccccc4)nc3-c3ccccc3)C2)cc1OC. The highest BCUT2D eigenvalue weighted by Gasteiger charge is 2.37. The molecule has 0 fully saturated rings. The van der Waals surface area contributed by atoms with Gasteiger partial charge in [0, 0.05) is 29.3 Å². The Kier molecular flexibility index (Phi) is 7.27. The van der Waals surface area contributed by atoms with Crippen molar-refractivity contribution in [2.75, 3.05) is 14.2 Å². The second kappa shape index (κ2) is 11.3. The van der Waals surface area contributed by atoms with Crippen molar-refractivity contribution in [1.82, 2.24) is 14.8 Å². The van der Waals surface area contributed by atoms with E-state index in [0.717, 1.165) is 33.8 Å². The average molecular weight is 563 g/mol. The van der Waals surface area contributed by atoms with Crippen LogP contribution in [0.15, 0.2) is 114 Å². The van der Waals surface area contributed by atoms with Crippen LogP contribution < -0.4 is 9.47 Å². The second-order valence-electron chi connectivity index (χ2n) is 9.55. The van der Waals surface area contributed by atoms with Crippen molar-refractivity contribution >= 4 is 23.2 Å². The normalized spacial score (nSPS) is 14.6. The molecule has 204 valence electrons. The molecule has 1 aliphatic heterocycles. The summed E-state index contributed by atoms with van der Waals surface area (Å²) in [5.74, 6) is 0.912. The van der Waals surface area contributed by atoms with Crippen LogP contribution in [-0.2, 0) is 0 Å². The van der Waals surface area contributed by atoms with Gasteiger partial charge in [0.1, 0.15) is 0 Å². The molecule has 0 aliphatic carbocycles. The molecule has 1 atom stereocenters. The molecule has 0 saturated heterocycles. The van der Waals surface area contributed by atoms with E-state index in [1.54, 1.807) is 38.5 Å². The van der Waals surface area contributed by atoms with E-state index in [1.165, 1.54) is 5.01 Å². The highest BCUT2D eigenvalue weighted by Crippen LogP contribution is 2.40. The molecule has 6 rings (SSSR count). The topological polar surface area (TPSA) is 69.0 Å². The van der Waals surface area contributed by atoms with Gasteiger partial charge >= 0.3 is 0 Å². The Morgan fingerprint density at radius 1 is 0.829 bits per heavy atom. The van der Waals surface area contributed by atoms with Crippen LogP contribution in [0.5, 0.6) is 11.5 Å². The number of nitrogens with zero attached hydrogens (tertiary/aromatic N) is 4. The lowest BCUT2D eigenvalue weighted by molar-refractivity contribution is 0.0712. The van der Waals surface area contributed by atoms with Gasteiger partial charge in [0.15, 0.2) is 11.5 Å². The van der Waals surface area contributed by atoms with Crippen molar-refractivity contribution in [3.8, 4) is 28.4 Å². The third kappa shape index (κ3) is 5.08. The maximum absolute atomic E-state index is 14.0. The van der Waals surface area contributed by atoms with E-state index in [2.05, 4.69) is 0 Å². The molecule has 1 aromatic heterocycles. The predicted octanol–water partition coefficient (Wildman–Crippen LogP) is 7.20. The molecule has 2 heterocycles. The number of benzene rings is 4. The summed E-state index contributed by atoms with van der Waals surface area (Å²) in [6.07, 6.45) is 2.45. The molecule has 0 N–H and O–H groups in total. The largest absolute Gasteiger partial charge is 0.493 e. The molecule has 0 unspecified atom stereocenters. The molecule has 8 heteroatoms. The van der Waals surface area contributed by atoms with Crippen molar-refractivity contribution in [3.63, 3.8) is 0 Å². The first-order chi connectivity index (χ1) is 20.1. The number of para-hydroxylation sites is 1. The Balaban J connectivity index is 1.50. The van der Waals surface area contributed by atoms with Crippen molar-refractivity contribution in [2.24, 2.45) is 5.10 Å². The summed E-state index contributed by atoms with van der Waals surface area (Å²) >= 11 is 6.49. The number of halogens is 1. The number of hydrogen-bond acceptors (Lipinski definition) is 5. The average Bonchev–Trinajstić information content (AvgIpc) is 3.67. The van der Waals surface area contributed by atoms with E-state index < -0.39 is 6.04 Å². The zero-order valence-corrected chi connectivity index (χ0v) is 23.3. The maximum Gasteiger partial charge on any atom is 0.276 e. The smallest absolute Gasteiger partial charge is 0.276 e. The standard InChI is InChI=1S/C33H27ClN4O3/c1-40-30-18-17-23(19-31(30)41-2)28-20-29(38(35-28)33(39)25-15-9-10-16-27(25)34)26-21-37(24-13-7-4-8-14-24)36-32(26)22-11-5-3-6-12-22/h3-19,21,29H,20H2,1-2H3/t29-/m1/s1. The van der Waals surface area contributed by atoms with Gasteiger partial charge in [-0.05, 0) is 42.5 Å². The van der Waals surface area contributed by atoms with Gasteiger partial charge in [-0.3, -0.25) is 4.79 Å². The summed E-state index contributed by atoms with van der Waals surface area (Å²) in [5.41, 5.74) is 5.47. The highest BCUT2D eigenvalue weighted by atomic mass is 35.5. The number of rotatable bonds is 7. The van der Waals surface area contributed by atoms with Gasteiger partial charge in [0.2, 0.25) is 0 Å². The molecular formula is C33H27ClN4O3. The summed E-state index contributed by atoms with van der Waals surface area (Å²) in [6.45, 7) is 0. The molecular weight excluding hydrogens is 536 g/mol. The van der Waals surface area contributed by atoms with E-state index in [0.29, 0.717) is 28.5 Å². The van der Waals surface area contributed by atoms with Gasteiger partial charge < -0.3 is 9.47 Å². The molecule has 5 aromatic rings. The van der Waals surface area contributed by atoms with Gasteiger partial charge in [0.25, 0.3) is 5.91 Å². The molecule has 1 aliphatic rings. The Labute approximate surface area is 243 Å². The van der Waals surface area contributed by atoms with Gasteiger partial charge in [-0.25, -0.2) is 9.69 Å². The fourth-order valence-corrected chi connectivity index (χ4v) is 5.27. The summed E-state index contributed by atoms with van der Waals surface area (Å²) in [5, 5.41) is 11.8. The van der Waals surface area contributed by atoms with Gasteiger partial charge in [-0.2, -0.15) is 10.2 Å². The van der Waals surface area contributed by atoms with Crippen LogP contribution in [0.1, 0.15) is 33.9 Å². The van der Waals surface area contributed by atoms with Crippen LogP contribution in [-0.4, -0.2) is 40.6 Å². The minimum atomic E-state index is -0.436.